The second-order valence-electron chi connectivity index (χ2n) is 4.64. The maximum atomic E-state index is 13.2. The number of benzene rings is 2. The SMILES string of the molecule is O=C(O)CC(NS(=O)(=O)c1cccc(F)c1)c1ccccc1. The smallest absolute Gasteiger partial charge is 0.305 e. The van der Waals surface area contributed by atoms with Gasteiger partial charge in [-0.15, -0.1) is 0 Å². The predicted octanol–water partition coefficient (Wildman–Crippen LogP) is 2.32. The molecule has 0 radical (unpaired) electrons. The molecule has 2 rings (SSSR count). The van der Waals surface area contributed by atoms with Gasteiger partial charge in [-0.2, -0.15) is 0 Å². The van der Waals surface area contributed by atoms with Gasteiger partial charge in [0.25, 0.3) is 0 Å². The molecule has 0 saturated carbocycles. The van der Waals surface area contributed by atoms with Crippen molar-refractivity contribution in [2.24, 2.45) is 0 Å². The van der Waals surface area contributed by atoms with Gasteiger partial charge >= 0.3 is 5.97 Å². The van der Waals surface area contributed by atoms with E-state index < -0.39 is 34.3 Å². The van der Waals surface area contributed by atoms with E-state index in [0.29, 0.717) is 5.56 Å². The van der Waals surface area contributed by atoms with E-state index in [4.69, 9.17) is 5.11 Å². The maximum absolute atomic E-state index is 13.2. The van der Waals surface area contributed by atoms with E-state index in [0.717, 1.165) is 12.1 Å². The van der Waals surface area contributed by atoms with Crippen LogP contribution in [-0.4, -0.2) is 19.5 Å². The Hall–Kier alpha value is -2.25. The fourth-order valence-corrected chi connectivity index (χ4v) is 3.23. The summed E-state index contributed by atoms with van der Waals surface area (Å²) in [5.41, 5.74) is 0.518. The van der Waals surface area contributed by atoms with Crippen LogP contribution in [0.4, 0.5) is 4.39 Å². The molecule has 0 aliphatic heterocycles. The van der Waals surface area contributed by atoms with Gasteiger partial charge < -0.3 is 5.11 Å². The summed E-state index contributed by atoms with van der Waals surface area (Å²) in [6.45, 7) is 0. The molecule has 0 heterocycles. The Morgan fingerprint density at radius 2 is 1.82 bits per heavy atom. The lowest BCUT2D eigenvalue weighted by molar-refractivity contribution is -0.137. The van der Waals surface area contributed by atoms with Gasteiger partial charge in [-0.05, 0) is 23.8 Å². The molecule has 0 aromatic heterocycles. The Kier molecular flexibility index (Phi) is 4.89. The summed E-state index contributed by atoms with van der Waals surface area (Å²) in [5.74, 6) is -1.83. The van der Waals surface area contributed by atoms with Crippen LogP contribution >= 0.6 is 0 Å². The van der Waals surface area contributed by atoms with Crippen LogP contribution in [0.3, 0.4) is 0 Å². The Bertz CT molecular complexity index is 762. The summed E-state index contributed by atoms with van der Waals surface area (Å²) in [5, 5.41) is 8.96. The molecule has 22 heavy (non-hydrogen) atoms. The normalized spacial score (nSPS) is 12.8. The molecule has 0 aliphatic carbocycles. The van der Waals surface area contributed by atoms with Crippen molar-refractivity contribution in [1.82, 2.24) is 4.72 Å². The Morgan fingerprint density at radius 3 is 2.41 bits per heavy atom. The van der Waals surface area contributed by atoms with E-state index >= 15 is 0 Å². The van der Waals surface area contributed by atoms with Gasteiger partial charge in [-0.1, -0.05) is 36.4 Å². The van der Waals surface area contributed by atoms with Gasteiger partial charge in [-0.25, -0.2) is 17.5 Å². The minimum absolute atomic E-state index is 0.251. The van der Waals surface area contributed by atoms with Crippen LogP contribution in [0.2, 0.25) is 0 Å². The number of nitrogens with one attached hydrogen (secondary N) is 1. The van der Waals surface area contributed by atoms with Gasteiger partial charge in [-0.3, -0.25) is 4.79 Å². The lowest BCUT2D eigenvalue weighted by Gasteiger charge is -2.17. The third-order valence-corrected chi connectivity index (χ3v) is 4.45. The van der Waals surface area contributed by atoms with Crippen molar-refractivity contribution in [1.29, 1.82) is 0 Å². The first-order chi connectivity index (χ1) is 10.4. The van der Waals surface area contributed by atoms with Crippen LogP contribution in [0.25, 0.3) is 0 Å². The molecule has 116 valence electrons. The van der Waals surface area contributed by atoms with Gasteiger partial charge in [0.1, 0.15) is 5.82 Å². The van der Waals surface area contributed by atoms with Gasteiger partial charge in [0.15, 0.2) is 0 Å². The molecule has 2 N–H and O–H groups in total. The van der Waals surface area contributed by atoms with Crippen molar-refractivity contribution in [3.63, 3.8) is 0 Å². The summed E-state index contributed by atoms with van der Waals surface area (Å²) in [6.07, 6.45) is -0.418. The molecule has 0 amide bonds. The molecule has 2 aromatic carbocycles. The number of hydrogen-bond donors (Lipinski definition) is 2. The number of rotatable bonds is 6. The topological polar surface area (TPSA) is 83.5 Å². The van der Waals surface area contributed by atoms with E-state index in [1.807, 2.05) is 0 Å². The van der Waals surface area contributed by atoms with Crippen molar-refractivity contribution >= 4 is 16.0 Å². The van der Waals surface area contributed by atoms with E-state index in [2.05, 4.69) is 4.72 Å². The highest BCUT2D eigenvalue weighted by Crippen LogP contribution is 2.20. The van der Waals surface area contributed by atoms with Gasteiger partial charge in [0, 0.05) is 0 Å². The van der Waals surface area contributed by atoms with Crippen LogP contribution in [-0.2, 0) is 14.8 Å². The zero-order chi connectivity index (χ0) is 16.2. The minimum Gasteiger partial charge on any atom is -0.481 e. The molecule has 0 aliphatic rings. The number of halogens is 1. The highest BCUT2D eigenvalue weighted by molar-refractivity contribution is 7.89. The molecule has 1 unspecified atom stereocenters. The Morgan fingerprint density at radius 1 is 1.14 bits per heavy atom. The first-order valence-electron chi connectivity index (χ1n) is 6.43. The Balaban J connectivity index is 2.32. The lowest BCUT2D eigenvalue weighted by Crippen LogP contribution is -2.30. The standard InChI is InChI=1S/C15H14FNO4S/c16-12-7-4-8-13(9-12)22(20,21)17-14(10-15(18)19)11-5-2-1-3-6-11/h1-9,14,17H,10H2,(H,18,19). The molecule has 0 fully saturated rings. The number of sulfonamides is 1. The number of aliphatic carboxylic acids is 1. The number of carbonyl (C=O) groups is 1. The quantitative estimate of drug-likeness (QED) is 0.854. The van der Waals surface area contributed by atoms with E-state index in [1.54, 1.807) is 30.3 Å². The van der Waals surface area contributed by atoms with Crippen LogP contribution in [0.15, 0.2) is 59.5 Å². The maximum Gasteiger partial charge on any atom is 0.305 e. The summed E-state index contributed by atoms with van der Waals surface area (Å²) < 4.78 is 40.0. The second-order valence-corrected chi connectivity index (χ2v) is 6.35. The number of carboxylic acid groups (broad SMARTS) is 1. The van der Waals surface area contributed by atoms with Crippen molar-refractivity contribution in [3.05, 3.63) is 66.0 Å². The van der Waals surface area contributed by atoms with Crippen LogP contribution < -0.4 is 4.72 Å². The summed E-state index contributed by atoms with van der Waals surface area (Å²) in [6, 6.07) is 11.9. The zero-order valence-corrected chi connectivity index (χ0v) is 12.3. The van der Waals surface area contributed by atoms with E-state index in [9.17, 15) is 17.6 Å². The monoisotopic (exact) mass is 323 g/mol. The van der Waals surface area contributed by atoms with Gasteiger partial charge in [0.05, 0.1) is 17.4 Å². The molecular formula is C15H14FNO4S. The summed E-state index contributed by atoms with van der Waals surface area (Å²) in [4.78, 5) is 10.7. The molecular weight excluding hydrogens is 309 g/mol. The van der Waals surface area contributed by atoms with E-state index in [1.165, 1.54) is 12.1 Å². The van der Waals surface area contributed by atoms with E-state index in [-0.39, 0.29) is 4.90 Å². The van der Waals surface area contributed by atoms with Crippen LogP contribution in [0.5, 0.6) is 0 Å². The molecule has 2 aromatic rings. The third kappa shape index (κ3) is 4.12. The zero-order valence-electron chi connectivity index (χ0n) is 11.4. The Labute approximate surface area is 127 Å². The number of carboxylic acids is 1. The molecule has 1 atom stereocenters. The van der Waals surface area contributed by atoms with Crippen molar-refractivity contribution < 1.29 is 22.7 Å². The molecule has 7 heteroatoms. The number of hydrogen-bond acceptors (Lipinski definition) is 3. The van der Waals surface area contributed by atoms with Crippen LogP contribution in [0, 0.1) is 5.82 Å². The lowest BCUT2D eigenvalue weighted by atomic mass is 10.1. The third-order valence-electron chi connectivity index (χ3n) is 2.98. The second kappa shape index (κ2) is 6.67. The average Bonchev–Trinajstić information content (AvgIpc) is 2.47. The predicted molar refractivity (Wildman–Crippen MR) is 78.2 cm³/mol. The molecule has 0 spiro atoms. The minimum atomic E-state index is -4.03. The summed E-state index contributed by atoms with van der Waals surface area (Å²) >= 11 is 0. The average molecular weight is 323 g/mol. The van der Waals surface area contributed by atoms with Crippen molar-refractivity contribution in [2.75, 3.05) is 0 Å². The first-order valence-corrected chi connectivity index (χ1v) is 7.91. The highest BCUT2D eigenvalue weighted by atomic mass is 32.2. The largest absolute Gasteiger partial charge is 0.481 e. The molecule has 5 nitrogen and oxygen atoms in total. The summed E-state index contributed by atoms with van der Waals surface area (Å²) in [7, 11) is -4.03. The fraction of sp³-hybridized carbons (Fsp3) is 0.133. The molecule has 0 bridgehead atoms. The highest BCUT2D eigenvalue weighted by Gasteiger charge is 2.23. The van der Waals surface area contributed by atoms with Crippen molar-refractivity contribution in [2.45, 2.75) is 17.4 Å². The van der Waals surface area contributed by atoms with Crippen molar-refractivity contribution in [3.8, 4) is 0 Å². The fourth-order valence-electron chi connectivity index (χ4n) is 1.98. The van der Waals surface area contributed by atoms with Crippen LogP contribution in [0.1, 0.15) is 18.0 Å². The molecule has 0 saturated heterocycles. The van der Waals surface area contributed by atoms with Gasteiger partial charge in [0.2, 0.25) is 10.0 Å². The first kappa shape index (κ1) is 16.1.